The molecule has 0 spiro atoms. The van der Waals surface area contributed by atoms with Gasteiger partial charge in [-0.2, -0.15) is 0 Å². The van der Waals surface area contributed by atoms with Crippen LogP contribution in [0.1, 0.15) is 20.8 Å². The molecule has 0 atom stereocenters. The first-order chi connectivity index (χ1) is 15.6. The predicted octanol–water partition coefficient (Wildman–Crippen LogP) is 3.25. The van der Waals surface area contributed by atoms with Crippen LogP contribution in [0.3, 0.4) is 0 Å². The van der Waals surface area contributed by atoms with Crippen LogP contribution in [0.4, 0.5) is 0 Å². The molecule has 0 fully saturated rings. The monoisotopic (exact) mass is 456 g/mol. The summed E-state index contributed by atoms with van der Waals surface area (Å²) in [7, 11) is 2.78. The number of carbonyl (C=O) groups excluding carboxylic acids is 3. The normalized spacial score (nSPS) is 10.5. The van der Waals surface area contributed by atoms with E-state index in [-0.39, 0.29) is 45.3 Å². The number of ether oxygens (including phenoxy) is 5. The van der Waals surface area contributed by atoms with Crippen LogP contribution in [0.25, 0.3) is 22.3 Å². The van der Waals surface area contributed by atoms with E-state index in [1.807, 2.05) is 0 Å². The summed E-state index contributed by atoms with van der Waals surface area (Å²) in [5, 5.41) is -0.125. The Morgan fingerprint density at radius 3 is 1.97 bits per heavy atom. The number of hydrogen-bond donors (Lipinski definition) is 0. The van der Waals surface area contributed by atoms with Crippen molar-refractivity contribution < 1.29 is 42.5 Å². The van der Waals surface area contributed by atoms with E-state index in [9.17, 15) is 19.2 Å². The van der Waals surface area contributed by atoms with Gasteiger partial charge in [-0.15, -0.1) is 0 Å². The minimum atomic E-state index is -0.779. The van der Waals surface area contributed by atoms with Crippen LogP contribution in [0, 0.1) is 0 Å². The van der Waals surface area contributed by atoms with Gasteiger partial charge in [0.2, 0.25) is 11.2 Å². The zero-order chi connectivity index (χ0) is 24.3. The zero-order valence-electron chi connectivity index (χ0n) is 18.5. The number of rotatable bonds is 6. The van der Waals surface area contributed by atoms with Gasteiger partial charge in [0.25, 0.3) is 0 Å². The fraction of sp³-hybridized carbons (Fsp3) is 0.217. The first kappa shape index (κ1) is 23.3. The molecule has 0 unspecified atom stereocenters. The molecule has 0 saturated carbocycles. The molecule has 172 valence electrons. The average Bonchev–Trinajstić information content (AvgIpc) is 2.74. The standard InChI is InChI=1S/C23H20O10/c1-11(24)30-17-8-14(6-7-16(17)29-5)22-23(32-13(3)26)21(27)20-18(31-12(2)25)9-15(28-4)10-19(20)33-22/h6-10H,1-5H3. The Balaban J connectivity index is 2.38. The third-order valence-electron chi connectivity index (χ3n) is 4.31. The molecule has 3 aromatic rings. The second-order valence-electron chi connectivity index (χ2n) is 6.73. The van der Waals surface area contributed by atoms with E-state index in [0.29, 0.717) is 0 Å². The number of methoxy groups -OCH3 is 2. The predicted molar refractivity (Wildman–Crippen MR) is 115 cm³/mol. The van der Waals surface area contributed by atoms with Crippen LogP contribution >= 0.6 is 0 Å². The van der Waals surface area contributed by atoms with E-state index in [0.717, 1.165) is 6.92 Å². The second-order valence-corrected chi connectivity index (χ2v) is 6.73. The zero-order valence-corrected chi connectivity index (χ0v) is 18.5. The molecule has 1 aromatic heterocycles. The Morgan fingerprint density at radius 1 is 0.758 bits per heavy atom. The van der Waals surface area contributed by atoms with E-state index in [1.165, 1.54) is 58.4 Å². The fourth-order valence-corrected chi connectivity index (χ4v) is 3.08. The van der Waals surface area contributed by atoms with Gasteiger partial charge in [-0.05, 0) is 18.2 Å². The molecule has 0 bridgehead atoms. The molecule has 0 aliphatic heterocycles. The van der Waals surface area contributed by atoms with Crippen molar-refractivity contribution in [3.8, 4) is 40.1 Å². The van der Waals surface area contributed by atoms with E-state index in [4.69, 9.17) is 28.1 Å². The number of esters is 3. The molecule has 0 N–H and O–H groups in total. The van der Waals surface area contributed by atoms with Crippen LogP contribution in [-0.2, 0) is 14.4 Å². The van der Waals surface area contributed by atoms with Gasteiger partial charge in [-0.3, -0.25) is 19.2 Å². The molecular formula is C23H20O10. The molecule has 10 nitrogen and oxygen atoms in total. The van der Waals surface area contributed by atoms with Crippen molar-refractivity contribution in [1.29, 1.82) is 0 Å². The molecule has 3 rings (SSSR count). The highest BCUT2D eigenvalue weighted by Crippen LogP contribution is 2.39. The SMILES string of the molecule is COc1cc(OC(C)=O)c2c(=O)c(OC(C)=O)c(-c3ccc(OC)c(OC(C)=O)c3)oc2c1. The number of fused-ring (bicyclic) bond motifs is 1. The minimum absolute atomic E-state index is 0.00589. The quantitative estimate of drug-likeness (QED) is 0.403. The minimum Gasteiger partial charge on any atom is -0.496 e. The van der Waals surface area contributed by atoms with Gasteiger partial charge in [0.15, 0.2) is 17.3 Å². The van der Waals surface area contributed by atoms with E-state index >= 15 is 0 Å². The topological polar surface area (TPSA) is 128 Å². The summed E-state index contributed by atoms with van der Waals surface area (Å²) in [5.41, 5.74) is -0.504. The first-order valence-corrected chi connectivity index (χ1v) is 9.57. The van der Waals surface area contributed by atoms with Crippen molar-refractivity contribution in [3.63, 3.8) is 0 Å². The third-order valence-corrected chi connectivity index (χ3v) is 4.31. The summed E-state index contributed by atoms with van der Waals surface area (Å²) in [4.78, 5) is 48.2. The lowest BCUT2D eigenvalue weighted by Crippen LogP contribution is -2.15. The largest absolute Gasteiger partial charge is 0.496 e. The van der Waals surface area contributed by atoms with Gasteiger partial charge in [-0.1, -0.05) is 0 Å². The number of hydrogen-bond acceptors (Lipinski definition) is 10. The van der Waals surface area contributed by atoms with Gasteiger partial charge < -0.3 is 28.1 Å². The Hall–Kier alpha value is -4.34. The molecule has 0 amide bonds. The van der Waals surface area contributed by atoms with Crippen LogP contribution < -0.4 is 29.1 Å². The van der Waals surface area contributed by atoms with Crippen LogP contribution in [0.2, 0.25) is 0 Å². The lowest BCUT2D eigenvalue weighted by Gasteiger charge is -2.14. The Morgan fingerprint density at radius 2 is 1.39 bits per heavy atom. The van der Waals surface area contributed by atoms with Crippen molar-refractivity contribution in [3.05, 3.63) is 40.6 Å². The molecule has 0 saturated heterocycles. The first-order valence-electron chi connectivity index (χ1n) is 9.57. The average molecular weight is 456 g/mol. The smallest absolute Gasteiger partial charge is 0.308 e. The van der Waals surface area contributed by atoms with Crippen molar-refractivity contribution in [1.82, 2.24) is 0 Å². The summed E-state index contributed by atoms with van der Waals surface area (Å²) >= 11 is 0. The Bertz CT molecular complexity index is 1320. The van der Waals surface area contributed by atoms with Crippen LogP contribution in [0.5, 0.6) is 28.7 Å². The van der Waals surface area contributed by atoms with Crippen molar-refractivity contribution in [2.24, 2.45) is 0 Å². The lowest BCUT2D eigenvalue weighted by atomic mass is 10.1. The maximum absolute atomic E-state index is 13.4. The van der Waals surface area contributed by atoms with E-state index in [1.54, 1.807) is 0 Å². The summed E-state index contributed by atoms with van der Waals surface area (Å²) in [6.07, 6.45) is 0. The number of carbonyl (C=O) groups is 3. The van der Waals surface area contributed by atoms with E-state index < -0.39 is 29.1 Å². The Labute approximate surface area is 187 Å². The highest BCUT2D eigenvalue weighted by atomic mass is 16.6. The molecule has 2 aromatic carbocycles. The maximum atomic E-state index is 13.4. The maximum Gasteiger partial charge on any atom is 0.308 e. The third kappa shape index (κ3) is 4.95. The van der Waals surface area contributed by atoms with Gasteiger partial charge >= 0.3 is 17.9 Å². The highest BCUT2D eigenvalue weighted by molar-refractivity contribution is 5.91. The molecule has 0 radical (unpaired) electrons. The molecular weight excluding hydrogens is 436 g/mol. The summed E-state index contributed by atoms with van der Waals surface area (Å²) in [6, 6.07) is 7.16. The Kier molecular flexibility index (Phi) is 6.67. The summed E-state index contributed by atoms with van der Waals surface area (Å²) in [6.45, 7) is 3.50. The summed E-state index contributed by atoms with van der Waals surface area (Å²) < 4.78 is 31.8. The van der Waals surface area contributed by atoms with Gasteiger partial charge in [0.1, 0.15) is 22.5 Å². The fourth-order valence-electron chi connectivity index (χ4n) is 3.08. The number of benzene rings is 2. The molecule has 0 aliphatic rings. The van der Waals surface area contributed by atoms with Crippen molar-refractivity contribution in [2.45, 2.75) is 20.8 Å². The molecule has 1 heterocycles. The lowest BCUT2D eigenvalue weighted by molar-refractivity contribution is -0.133. The molecule has 10 heteroatoms. The second kappa shape index (κ2) is 9.43. The molecule has 0 aliphatic carbocycles. The van der Waals surface area contributed by atoms with Crippen molar-refractivity contribution >= 4 is 28.9 Å². The summed E-state index contributed by atoms with van der Waals surface area (Å²) in [5.74, 6) is -2.17. The van der Waals surface area contributed by atoms with Gasteiger partial charge in [0, 0.05) is 38.5 Å². The van der Waals surface area contributed by atoms with Crippen molar-refractivity contribution in [2.75, 3.05) is 14.2 Å². The van der Waals surface area contributed by atoms with Gasteiger partial charge in [-0.25, -0.2) is 0 Å². The van der Waals surface area contributed by atoms with E-state index in [2.05, 4.69) is 0 Å². The highest BCUT2D eigenvalue weighted by Gasteiger charge is 2.24. The van der Waals surface area contributed by atoms with Crippen LogP contribution in [0.15, 0.2) is 39.5 Å². The van der Waals surface area contributed by atoms with Crippen LogP contribution in [-0.4, -0.2) is 32.1 Å². The van der Waals surface area contributed by atoms with Gasteiger partial charge in [0.05, 0.1) is 14.2 Å². The molecule has 33 heavy (non-hydrogen) atoms.